The van der Waals surface area contributed by atoms with E-state index in [4.69, 9.17) is 44.8 Å². The monoisotopic (exact) mass is 453 g/mol. The summed E-state index contributed by atoms with van der Waals surface area (Å²) in [7, 11) is 0. The van der Waals surface area contributed by atoms with E-state index in [-0.39, 0.29) is 35.1 Å². The Kier molecular flexibility index (Phi) is 6.53. The molecule has 0 saturated carbocycles. The average molecular weight is 454 g/mol. The third-order valence-electron chi connectivity index (χ3n) is 4.02. The number of hydrogen-bond acceptors (Lipinski definition) is 7. The number of anilines is 2. The highest BCUT2D eigenvalue weighted by atomic mass is 35.5. The summed E-state index contributed by atoms with van der Waals surface area (Å²) < 4.78 is 35.1. The van der Waals surface area contributed by atoms with Gasteiger partial charge in [0.15, 0.2) is 11.6 Å². The minimum atomic E-state index is -3.08. The van der Waals surface area contributed by atoms with Crippen LogP contribution in [0.1, 0.15) is 16.7 Å². The summed E-state index contributed by atoms with van der Waals surface area (Å²) in [6.07, 6.45) is 4.16. The predicted molar refractivity (Wildman–Crippen MR) is 111 cm³/mol. The normalized spacial score (nSPS) is 10.8. The molecule has 5 N–H and O–H groups in total. The maximum Gasteiger partial charge on any atom is 0.387 e. The summed E-state index contributed by atoms with van der Waals surface area (Å²) in [5.41, 5.74) is 12.8. The Morgan fingerprint density at radius 1 is 1.10 bits per heavy atom. The average Bonchev–Trinajstić information content (AvgIpc) is 2.69. The van der Waals surface area contributed by atoms with E-state index in [0.717, 1.165) is 0 Å². The van der Waals surface area contributed by atoms with Crippen LogP contribution in [-0.2, 0) is 6.61 Å². The highest BCUT2D eigenvalue weighted by Gasteiger charge is 2.16. The predicted octanol–water partition coefficient (Wildman–Crippen LogP) is 4.54. The summed E-state index contributed by atoms with van der Waals surface area (Å²) in [5, 5.41) is 9.12. The van der Waals surface area contributed by atoms with Gasteiger partial charge in [0.2, 0.25) is 0 Å². The molecular formula is C19H15Cl2F2N5O2. The Bertz CT molecular complexity index is 1080. The van der Waals surface area contributed by atoms with Crippen LogP contribution in [0.25, 0.3) is 0 Å². The van der Waals surface area contributed by atoms with E-state index in [0.29, 0.717) is 26.9 Å². The minimum Gasteiger partial charge on any atom is -0.489 e. The number of hydrogen-bond donors (Lipinski definition) is 3. The van der Waals surface area contributed by atoms with E-state index >= 15 is 0 Å². The van der Waals surface area contributed by atoms with Crippen LogP contribution < -0.4 is 20.9 Å². The van der Waals surface area contributed by atoms with E-state index < -0.39 is 6.61 Å². The maximum absolute atomic E-state index is 12.5. The Labute approximate surface area is 180 Å². The third kappa shape index (κ3) is 4.87. The molecule has 0 unspecified atom stereocenters. The van der Waals surface area contributed by atoms with Gasteiger partial charge in [-0.1, -0.05) is 23.2 Å². The first-order chi connectivity index (χ1) is 14.3. The molecule has 0 spiro atoms. The summed E-state index contributed by atoms with van der Waals surface area (Å²) in [6, 6.07) is 5.89. The highest BCUT2D eigenvalue weighted by molar-refractivity contribution is 6.35. The number of alkyl halides is 2. The van der Waals surface area contributed by atoms with Gasteiger partial charge < -0.3 is 20.9 Å². The van der Waals surface area contributed by atoms with Gasteiger partial charge in [-0.05, 0) is 24.3 Å². The van der Waals surface area contributed by atoms with Crippen LogP contribution in [0.2, 0.25) is 10.0 Å². The van der Waals surface area contributed by atoms with Crippen LogP contribution in [0.4, 0.5) is 20.3 Å². The first-order valence-electron chi connectivity index (χ1n) is 8.36. The molecule has 0 amide bonds. The number of aromatic nitrogens is 2. The molecule has 11 heteroatoms. The highest BCUT2D eigenvalue weighted by Crippen LogP contribution is 2.28. The number of ether oxygens (including phenoxy) is 2. The van der Waals surface area contributed by atoms with Crippen molar-refractivity contribution in [2.75, 3.05) is 11.5 Å². The molecule has 0 saturated heterocycles. The molecule has 156 valence electrons. The molecule has 30 heavy (non-hydrogen) atoms. The number of benzene rings is 1. The van der Waals surface area contributed by atoms with Crippen LogP contribution in [0.15, 0.2) is 42.9 Å². The number of nitrogens with one attached hydrogen (secondary N) is 1. The van der Waals surface area contributed by atoms with Crippen molar-refractivity contribution in [3.8, 4) is 11.5 Å². The van der Waals surface area contributed by atoms with Gasteiger partial charge in [0.05, 0.1) is 15.8 Å². The molecule has 3 aromatic rings. The number of pyridine rings is 2. The number of nitrogens with two attached hydrogens (primary N) is 2. The molecule has 0 aliphatic carbocycles. The van der Waals surface area contributed by atoms with Crippen LogP contribution in [0.3, 0.4) is 0 Å². The van der Waals surface area contributed by atoms with Gasteiger partial charge in [0, 0.05) is 41.0 Å². The Morgan fingerprint density at radius 2 is 1.80 bits per heavy atom. The zero-order valence-electron chi connectivity index (χ0n) is 15.2. The van der Waals surface area contributed by atoms with Crippen LogP contribution in [0, 0.1) is 5.41 Å². The molecule has 1 aromatic carbocycles. The molecule has 3 rings (SSSR count). The van der Waals surface area contributed by atoms with E-state index in [2.05, 4.69) is 14.7 Å². The van der Waals surface area contributed by atoms with E-state index in [1.807, 2.05) is 0 Å². The zero-order chi connectivity index (χ0) is 21.8. The maximum atomic E-state index is 12.5. The second kappa shape index (κ2) is 9.10. The molecule has 7 nitrogen and oxygen atoms in total. The lowest BCUT2D eigenvalue weighted by Gasteiger charge is -2.14. The van der Waals surface area contributed by atoms with Gasteiger partial charge in [-0.3, -0.25) is 10.4 Å². The smallest absolute Gasteiger partial charge is 0.387 e. The molecule has 2 heterocycles. The Balaban J connectivity index is 1.85. The Morgan fingerprint density at radius 3 is 2.47 bits per heavy atom. The van der Waals surface area contributed by atoms with Crippen LogP contribution >= 0.6 is 23.2 Å². The SMILES string of the molecule is N=C(c1cnc(N)c(OC(F)F)c1)c1cc(OCc2c(Cl)cncc2Cl)ccc1N. The summed E-state index contributed by atoms with van der Waals surface area (Å²) in [6.45, 7) is -3.01. The van der Waals surface area contributed by atoms with Crippen molar-refractivity contribution in [1.29, 1.82) is 5.41 Å². The van der Waals surface area contributed by atoms with Gasteiger partial charge in [-0.25, -0.2) is 4.98 Å². The minimum absolute atomic E-state index is 0.0622. The topological polar surface area (TPSA) is 120 Å². The third-order valence-corrected chi connectivity index (χ3v) is 4.67. The molecule has 0 aliphatic rings. The van der Waals surface area contributed by atoms with Crippen molar-refractivity contribution >= 4 is 40.4 Å². The van der Waals surface area contributed by atoms with E-state index in [1.54, 1.807) is 12.1 Å². The van der Waals surface area contributed by atoms with Gasteiger partial charge in [-0.15, -0.1) is 0 Å². The second-order valence-electron chi connectivity index (χ2n) is 5.98. The lowest BCUT2D eigenvalue weighted by atomic mass is 10.0. The quantitative estimate of drug-likeness (QED) is 0.356. The number of nitrogen functional groups attached to an aromatic ring is 2. The van der Waals surface area contributed by atoms with Crippen molar-refractivity contribution in [3.05, 3.63) is 69.6 Å². The molecule has 0 radical (unpaired) electrons. The molecule has 0 aliphatic heterocycles. The van der Waals surface area contributed by atoms with Gasteiger partial charge >= 0.3 is 6.61 Å². The zero-order valence-corrected chi connectivity index (χ0v) is 16.7. The van der Waals surface area contributed by atoms with Gasteiger partial charge in [0.25, 0.3) is 0 Å². The summed E-state index contributed by atoms with van der Waals surface area (Å²) in [4.78, 5) is 7.67. The van der Waals surface area contributed by atoms with Crippen molar-refractivity contribution in [2.24, 2.45) is 0 Å². The van der Waals surface area contributed by atoms with E-state index in [9.17, 15) is 8.78 Å². The van der Waals surface area contributed by atoms with Crippen molar-refractivity contribution in [2.45, 2.75) is 13.2 Å². The number of halogens is 4. The number of nitrogens with zero attached hydrogens (tertiary/aromatic N) is 2. The van der Waals surface area contributed by atoms with Crippen molar-refractivity contribution in [1.82, 2.24) is 9.97 Å². The fraction of sp³-hybridized carbons (Fsp3) is 0.105. The molecule has 2 aromatic heterocycles. The van der Waals surface area contributed by atoms with Crippen LogP contribution in [-0.4, -0.2) is 22.3 Å². The standard InChI is InChI=1S/C19H15Cl2F2N5O2/c20-13-6-27-7-14(21)12(13)8-29-10-1-2-15(24)11(4-10)17(25)9-3-16(30-19(22)23)18(26)28-5-9/h1-7,19,25H,8,24H2,(H2,26,28). The molecular weight excluding hydrogens is 439 g/mol. The van der Waals surface area contributed by atoms with Gasteiger partial charge in [-0.2, -0.15) is 8.78 Å². The largest absolute Gasteiger partial charge is 0.489 e. The lowest BCUT2D eigenvalue weighted by molar-refractivity contribution is -0.0495. The Hall–Kier alpha value is -3.17. The first kappa shape index (κ1) is 21.5. The lowest BCUT2D eigenvalue weighted by Crippen LogP contribution is -2.10. The summed E-state index contributed by atoms with van der Waals surface area (Å²) >= 11 is 12.2. The number of rotatable bonds is 7. The van der Waals surface area contributed by atoms with Crippen molar-refractivity contribution < 1.29 is 18.3 Å². The van der Waals surface area contributed by atoms with Crippen LogP contribution in [0.5, 0.6) is 11.5 Å². The second-order valence-corrected chi connectivity index (χ2v) is 6.79. The molecule has 0 atom stereocenters. The fourth-order valence-electron chi connectivity index (χ4n) is 2.51. The molecule has 0 bridgehead atoms. The summed E-state index contributed by atoms with van der Waals surface area (Å²) in [5.74, 6) is -0.163. The molecule has 0 fully saturated rings. The van der Waals surface area contributed by atoms with Gasteiger partial charge in [0.1, 0.15) is 12.4 Å². The van der Waals surface area contributed by atoms with E-state index in [1.165, 1.54) is 30.7 Å². The fourth-order valence-corrected chi connectivity index (χ4v) is 2.98. The first-order valence-corrected chi connectivity index (χ1v) is 9.11. The van der Waals surface area contributed by atoms with Crippen molar-refractivity contribution in [3.63, 3.8) is 0 Å².